The van der Waals surface area contributed by atoms with Gasteiger partial charge in [-0.3, -0.25) is 0 Å². The van der Waals surface area contributed by atoms with Gasteiger partial charge in [-0.1, -0.05) is 11.6 Å². The summed E-state index contributed by atoms with van der Waals surface area (Å²) in [5.74, 6) is 0.846. The first-order valence-electron chi connectivity index (χ1n) is 5.33. The topological polar surface area (TPSA) is 41.5 Å². The van der Waals surface area contributed by atoms with Crippen molar-refractivity contribution in [2.24, 2.45) is 0 Å². The largest absolute Gasteiger partial charge is 0.496 e. The van der Waals surface area contributed by atoms with Gasteiger partial charge < -0.3 is 15.2 Å². The first-order valence-corrected chi connectivity index (χ1v) is 5.71. The number of halogens is 1. The van der Waals surface area contributed by atoms with E-state index in [1.54, 1.807) is 7.11 Å². The normalized spacial score (nSPS) is 10.5. The molecular weight excluding hydrogens is 226 g/mol. The van der Waals surface area contributed by atoms with Gasteiger partial charge in [0.1, 0.15) is 5.75 Å². The number of hydrogen-bond donors (Lipinski definition) is 2. The Bertz CT molecular complexity index is 342. The quantitative estimate of drug-likeness (QED) is 0.753. The highest BCUT2D eigenvalue weighted by Crippen LogP contribution is 2.26. The summed E-state index contributed by atoms with van der Waals surface area (Å²) in [7, 11) is 1.65. The monoisotopic (exact) mass is 243 g/mol. The van der Waals surface area contributed by atoms with E-state index in [2.05, 4.69) is 5.32 Å². The second kappa shape index (κ2) is 6.74. The Balaban J connectivity index is 2.66. The standard InChI is InChI=1S/C12H18ClNO2/c1-9-6-12(16-2)10(7-11(9)13)8-14-4-3-5-15/h6-7,14-15H,3-5,8H2,1-2H3. The van der Waals surface area contributed by atoms with Gasteiger partial charge in [-0.25, -0.2) is 0 Å². The van der Waals surface area contributed by atoms with E-state index in [-0.39, 0.29) is 6.61 Å². The van der Waals surface area contributed by atoms with Crippen molar-refractivity contribution in [3.63, 3.8) is 0 Å². The molecule has 0 fully saturated rings. The molecule has 0 saturated heterocycles. The van der Waals surface area contributed by atoms with Gasteiger partial charge in [0.15, 0.2) is 0 Å². The van der Waals surface area contributed by atoms with Crippen molar-refractivity contribution in [3.8, 4) is 5.75 Å². The molecule has 1 aromatic rings. The summed E-state index contributed by atoms with van der Waals surface area (Å²) in [6.45, 7) is 3.64. The van der Waals surface area contributed by atoms with Crippen LogP contribution < -0.4 is 10.1 Å². The molecule has 0 radical (unpaired) electrons. The van der Waals surface area contributed by atoms with Crippen molar-refractivity contribution in [3.05, 3.63) is 28.3 Å². The Morgan fingerprint density at radius 2 is 2.19 bits per heavy atom. The fourth-order valence-corrected chi connectivity index (χ4v) is 1.64. The van der Waals surface area contributed by atoms with Crippen LogP contribution in [-0.4, -0.2) is 25.4 Å². The Hall–Kier alpha value is -0.770. The molecule has 90 valence electrons. The Kier molecular flexibility index (Phi) is 5.60. The Morgan fingerprint density at radius 3 is 2.81 bits per heavy atom. The number of nitrogens with one attached hydrogen (secondary N) is 1. The summed E-state index contributed by atoms with van der Waals surface area (Å²) in [6, 6.07) is 3.85. The smallest absolute Gasteiger partial charge is 0.123 e. The third kappa shape index (κ3) is 3.67. The second-order valence-electron chi connectivity index (χ2n) is 3.67. The molecule has 0 unspecified atom stereocenters. The maximum atomic E-state index is 8.66. The van der Waals surface area contributed by atoms with Crippen molar-refractivity contribution in [1.29, 1.82) is 0 Å². The lowest BCUT2D eigenvalue weighted by molar-refractivity contribution is 0.286. The lowest BCUT2D eigenvalue weighted by Gasteiger charge is -2.11. The number of hydrogen-bond acceptors (Lipinski definition) is 3. The molecule has 1 rings (SSSR count). The number of ether oxygens (including phenoxy) is 1. The fourth-order valence-electron chi connectivity index (χ4n) is 1.45. The fraction of sp³-hybridized carbons (Fsp3) is 0.500. The molecule has 4 heteroatoms. The lowest BCUT2D eigenvalue weighted by Crippen LogP contribution is -2.16. The van der Waals surface area contributed by atoms with Crippen LogP contribution in [0.5, 0.6) is 5.75 Å². The molecule has 0 aliphatic rings. The molecule has 3 nitrogen and oxygen atoms in total. The van der Waals surface area contributed by atoms with Crippen LogP contribution in [0.1, 0.15) is 17.5 Å². The summed E-state index contributed by atoms with van der Waals surface area (Å²) in [6.07, 6.45) is 0.752. The molecular formula is C12H18ClNO2. The predicted octanol–water partition coefficient (Wildman–Crippen LogP) is 2.13. The zero-order valence-corrected chi connectivity index (χ0v) is 10.5. The maximum Gasteiger partial charge on any atom is 0.123 e. The molecule has 16 heavy (non-hydrogen) atoms. The van der Waals surface area contributed by atoms with Crippen LogP contribution in [0.4, 0.5) is 0 Å². The number of rotatable bonds is 6. The van der Waals surface area contributed by atoms with Crippen molar-refractivity contribution >= 4 is 11.6 Å². The highest BCUT2D eigenvalue weighted by molar-refractivity contribution is 6.31. The van der Waals surface area contributed by atoms with Gasteiger partial charge in [-0.15, -0.1) is 0 Å². The zero-order chi connectivity index (χ0) is 12.0. The van der Waals surface area contributed by atoms with Gasteiger partial charge in [0, 0.05) is 23.7 Å². The van der Waals surface area contributed by atoms with Crippen molar-refractivity contribution in [2.75, 3.05) is 20.3 Å². The van der Waals surface area contributed by atoms with E-state index in [0.29, 0.717) is 6.54 Å². The van der Waals surface area contributed by atoms with Crippen molar-refractivity contribution < 1.29 is 9.84 Å². The van der Waals surface area contributed by atoms with Crippen LogP contribution in [0, 0.1) is 6.92 Å². The third-order valence-electron chi connectivity index (χ3n) is 2.39. The molecule has 0 aromatic heterocycles. The Labute approximate surface area is 101 Å². The van der Waals surface area contributed by atoms with Crippen LogP contribution in [0.15, 0.2) is 12.1 Å². The van der Waals surface area contributed by atoms with Gasteiger partial charge in [0.05, 0.1) is 7.11 Å². The molecule has 0 amide bonds. The molecule has 2 N–H and O–H groups in total. The van der Waals surface area contributed by atoms with E-state index in [4.69, 9.17) is 21.4 Å². The molecule has 0 spiro atoms. The second-order valence-corrected chi connectivity index (χ2v) is 4.07. The van der Waals surface area contributed by atoms with E-state index in [1.165, 1.54) is 0 Å². The molecule has 0 aliphatic carbocycles. The number of aryl methyl sites for hydroxylation is 1. The summed E-state index contributed by atoms with van der Waals surface area (Å²) >= 11 is 6.06. The number of benzene rings is 1. The predicted molar refractivity (Wildman–Crippen MR) is 66.2 cm³/mol. The van der Waals surface area contributed by atoms with Crippen molar-refractivity contribution in [2.45, 2.75) is 19.9 Å². The first-order chi connectivity index (χ1) is 7.69. The number of methoxy groups -OCH3 is 1. The van der Waals surface area contributed by atoms with Gasteiger partial charge in [0.25, 0.3) is 0 Å². The SMILES string of the molecule is COc1cc(C)c(Cl)cc1CNCCCO. The minimum absolute atomic E-state index is 0.207. The minimum atomic E-state index is 0.207. The van der Waals surface area contributed by atoms with Gasteiger partial charge >= 0.3 is 0 Å². The lowest BCUT2D eigenvalue weighted by atomic mass is 10.1. The molecule has 0 saturated carbocycles. The van der Waals surface area contributed by atoms with Crippen molar-refractivity contribution in [1.82, 2.24) is 5.32 Å². The summed E-state index contributed by atoms with van der Waals surface area (Å²) in [4.78, 5) is 0. The maximum absolute atomic E-state index is 8.66. The van der Waals surface area contributed by atoms with Gasteiger partial charge in [-0.2, -0.15) is 0 Å². The van der Waals surface area contributed by atoms with E-state index < -0.39 is 0 Å². The molecule has 0 heterocycles. The van der Waals surface area contributed by atoms with E-state index in [1.807, 2.05) is 19.1 Å². The molecule has 0 atom stereocenters. The zero-order valence-electron chi connectivity index (χ0n) is 9.72. The summed E-state index contributed by atoms with van der Waals surface area (Å²) in [5, 5.41) is 12.6. The summed E-state index contributed by atoms with van der Waals surface area (Å²) in [5.41, 5.74) is 2.05. The number of aliphatic hydroxyl groups excluding tert-OH is 1. The highest BCUT2D eigenvalue weighted by atomic mass is 35.5. The van der Waals surface area contributed by atoms with E-state index in [9.17, 15) is 0 Å². The van der Waals surface area contributed by atoms with Gasteiger partial charge in [0.2, 0.25) is 0 Å². The van der Waals surface area contributed by atoms with E-state index >= 15 is 0 Å². The number of aliphatic hydroxyl groups is 1. The minimum Gasteiger partial charge on any atom is -0.496 e. The average Bonchev–Trinajstić information content (AvgIpc) is 2.28. The molecule has 0 bridgehead atoms. The van der Waals surface area contributed by atoms with Crippen LogP contribution in [-0.2, 0) is 6.54 Å². The average molecular weight is 244 g/mol. The van der Waals surface area contributed by atoms with E-state index in [0.717, 1.165) is 34.9 Å². The molecule has 1 aromatic carbocycles. The Morgan fingerprint density at radius 1 is 1.44 bits per heavy atom. The van der Waals surface area contributed by atoms with Crippen LogP contribution in [0.2, 0.25) is 5.02 Å². The summed E-state index contributed by atoms with van der Waals surface area (Å²) < 4.78 is 5.29. The first kappa shape index (κ1) is 13.3. The molecule has 0 aliphatic heterocycles. The van der Waals surface area contributed by atoms with Crippen LogP contribution in [0.3, 0.4) is 0 Å². The van der Waals surface area contributed by atoms with Gasteiger partial charge in [-0.05, 0) is 37.6 Å². The third-order valence-corrected chi connectivity index (χ3v) is 2.80. The highest BCUT2D eigenvalue weighted by Gasteiger charge is 2.06. The van der Waals surface area contributed by atoms with Crippen LogP contribution in [0.25, 0.3) is 0 Å². The van der Waals surface area contributed by atoms with Crippen LogP contribution >= 0.6 is 11.6 Å².